The van der Waals surface area contributed by atoms with Crippen LogP contribution < -0.4 is 25.0 Å². The van der Waals surface area contributed by atoms with Crippen LogP contribution in [0.15, 0.2) is 47.4 Å². The van der Waals surface area contributed by atoms with E-state index in [0.717, 1.165) is 38.3 Å². The van der Waals surface area contributed by atoms with E-state index in [-0.39, 0.29) is 16.8 Å². The molecule has 0 saturated carbocycles. The van der Waals surface area contributed by atoms with Gasteiger partial charge in [0.05, 0.1) is 17.1 Å². The summed E-state index contributed by atoms with van der Waals surface area (Å²) in [5.41, 5.74) is 1.60. The number of ether oxygens (including phenoxy) is 1. The quantitative estimate of drug-likeness (QED) is 0.532. The Morgan fingerprint density at radius 1 is 1.12 bits per heavy atom. The van der Waals surface area contributed by atoms with Crippen molar-refractivity contribution in [2.45, 2.75) is 38.1 Å². The molecule has 0 aliphatic carbocycles. The number of nitrogens with zero attached hydrogens (tertiary/aromatic N) is 1. The molecule has 1 amide bonds. The molecule has 9 heteroatoms. The first-order valence-corrected chi connectivity index (χ1v) is 12.5. The van der Waals surface area contributed by atoms with Crippen LogP contribution in [0.3, 0.4) is 0 Å². The van der Waals surface area contributed by atoms with Gasteiger partial charge in [-0.1, -0.05) is 6.92 Å². The SMILES string of the molecule is CCOc1ccc(S(=O)(=O)Nc2ccc(N3CCNCC3)c(C(=O)N[C@@H](C)CC)c2)cc1. The fourth-order valence-electron chi connectivity index (χ4n) is 3.46. The molecule has 2 aromatic carbocycles. The first-order valence-electron chi connectivity index (χ1n) is 11.0. The molecule has 2 aromatic rings. The van der Waals surface area contributed by atoms with Crippen LogP contribution >= 0.6 is 0 Å². The zero-order chi connectivity index (χ0) is 23.1. The largest absolute Gasteiger partial charge is 0.494 e. The van der Waals surface area contributed by atoms with E-state index < -0.39 is 10.0 Å². The predicted molar refractivity (Wildman–Crippen MR) is 127 cm³/mol. The van der Waals surface area contributed by atoms with Gasteiger partial charge in [-0.25, -0.2) is 8.42 Å². The number of anilines is 2. The van der Waals surface area contributed by atoms with Gasteiger partial charge in [0.25, 0.3) is 15.9 Å². The Hall–Kier alpha value is -2.78. The van der Waals surface area contributed by atoms with Crippen LogP contribution in [0.5, 0.6) is 5.75 Å². The Bertz CT molecular complexity index is 1020. The third-order valence-corrected chi connectivity index (χ3v) is 6.78. The van der Waals surface area contributed by atoms with E-state index in [1.54, 1.807) is 24.3 Å². The number of hydrogen-bond acceptors (Lipinski definition) is 6. The van der Waals surface area contributed by atoms with Crippen LogP contribution in [0.4, 0.5) is 11.4 Å². The minimum Gasteiger partial charge on any atom is -0.494 e. The lowest BCUT2D eigenvalue weighted by Gasteiger charge is -2.31. The number of piperazine rings is 1. The highest BCUT2D eigenvalue weighted by Crippen LogP contribution is 2.27. The standard InChI is InChI=1S/C23H32N4O4S/c1-4-17(3)25-23(28)21-16-18(6-11-22(21)27-14-12-24-13-15-27)26-32(29,30)20-9-7-19(8-10-20)31-5-2/h6-11,16-17,24,26H,4-5,12-15H2,1-3H3,(H,25,28)/t17-/m0/s1. The van der Waals surface area contributed by atoms with Crippen molar-refractivity contribution in [3.8, 4) is 5.75 Å². The van der Waals surface area contributed by atoms with Crippen molar-refractivity contribution in [3.63, 3.8) is 0 Å². The minimum absolute atomic E-state index is 0.0163. The third kappa shape index (κ3) is 5.92. The van der Waals surface area contributed by atoms with Crippen LogP contribution in [0.25, 0.3) is 0 Å². The van der Waals surface area contributed by atoms with E-state index in [4.69, 9.17) is 4.74 Å². The molecule has 0 aromatic heterocycles. The molecule has 1 heterocycles. The Balaban J connectivity index is 1.89. The number of carbonyl (C=O) groups excluding carboxylic acids is 1. The van der Waals surface area contributed by atoms with Crippen molar-refractivity contribution in [1.29, 1.82) is 0 Å². The maximum Gasteiger partial charge on any atom is 0.261 e. The summed E-state index contributed by atoms with van der Waals surface area (Å²) in [5, 5.41) is 6.30. The number of hydrogen-bond donors (Lipinski definition) is 3. The van der Waals surface area contributed by atoms with Crippen LogP contribution in [0.1, 0.15) is 37.6 Å². The number of rotatable bonds is 9. The van der Waals surface area contributed by atoms with E-state index in [0.29, 0.717) is 23.6 Å². The van der Waals surface area contributed by atoms with Gasteiger partial charge in [0.1, 0.15) is 5.75 Å². The molecule has 3 N–H and O–H groups in total. The molecule has 1 atom stereocenters. The monoisotopic (exact) mass is 460 g/mol. The van der Waals surface area contributed by atoms with Crippen molar-refractivity contribution >= 4 is 27.3 Å². The normalized spacial score (nSPS) is 15.2. The summed E-state index contributed by atoms with van der Waals surface area (Å²) in [6.45, 7) is 9.54. The van der Waals surface area contributed by atoms with Crippen molar-refractivity contribution in [1.82, 2.24) is 10.6 Å². The highest BCUT2D eigenvalue weighted by Gasteiger charge is 2.22. The lowest BCUT2D eigenvalue weighted by molar-refractivity contribution is 0.0939. The Labute approximate surface area is 190 Å². The van der Waals surface area contributed by atoms with Crippen LogP contribution in [-0.2, 0) is 10.0 Å². The Morgan fingerprint density at radius 3 is 2.44 bits per heavy atom. The molecular weight excluding hydrogens is 428 g/mol. The molecule has 0 radical (unpaired) electrons. The summed E-state index contributed by atoms with van der Waals surface area (Å²) in [4.78, 5) is 15.3. The lowest BCUT2D eigenvalue weighted by atomic mass is 10.1. The van der Waals surface area contributed by atoms with Crippen molar-refractivity contribution in [2.75, 3.05) is 42.4 Å². The van der Waals surface area contributed by atoms with E-state index in [1.165, 1.54) is 12.1 Å². The summed E-state index contributed by atoms with van der Waals surface area (Å²) < 4.78 is 33.8. The number of benzene rings is 2. The number of carbonyl (C=O) groups is 1. The van der Waals surface area contributed by atoms with Crippen LogP contribution in [0, 0.1) is 0 Å². The van der Waals surface area contributed by atoms with Gasteiger partial charge in [0.2, 0.25) is 0 Å². The summed E-state index contributed by atoms with van der Waals surface area (Å²) >= 11 is 0. The first-order chi connectivity index (χ1) is 15.3. The van der Waals surface area contributed by atoms with Crippen molar-refractivity contribution < 1.29 is 17.9 Å². The molecule has 32 heavy (non-hydrogen) atoms. The zero-order valence-electron chi connectivity index (χ0n) is 18.8. The molecule has 3 rings (SSSR count). The molecule has 0 bridgehead atoms. The minimum atomic E-state index is -3.81. The summed E-state index contributed by atoms with van der Waals surface area (Å²) in [6.07, 6.45) is 0.804. The summed E-state index contributed by atoms with van der Waals surface area (Å²) in [7, 11) is -3.81. The lowest BCUT2D eigenvalue weighted by Crippen LogP contribution is -2.44. The van der Waals surface area contributed by atoms with Crippen molar-refractivity contribution in [3.05, 3.63) is 48.0 Å². The molecule has 0 spiro atoms. The second kappa shape index (κ2) is 10.7. The van der Waals surface area contributed by atoms with E-state index in [2.05, 4.69) is 20.3 Å². The number of sulfonamides is 1. The molecule has 1 aliphatic rings. The van der Waals surface area contributed by atoms with Crippen LogP contribution in [-0.4, -0.2) is 53.2 Å². The molecule has 1 saturated heterocycles. The van der Waals surface area contributed by atoms with E-state index in [9.17, 15) is 13.2 Å². The highest BCUT2D eigenvalue weighted by atomic mass is 32.2. The number of amides is 1. The van der Waals surface area contributed by atoms with Gasteiger partial charge in [0, 0.05) is 43.6 Å². The molecule has 1 aliphatic heterocycles. The highest BCUT2D eigenvalue weighted by molar-refractivity contribution is 7.92. The average Bonchev–Trinajstić information content (AvgIpc) is 2.80. The average molecular weight is 461 g/mol. The second-order valence-electron chi connectivity index (χ2n) is 7.76. The fourth-order valence-corrected chi connectivity index (χ4v) is 4.51. The fraction of sp³-hybridized carbons (Fsp3) is 0.435. The molecule has 8 nitrogen and oxygen atoms in total. The third-order valence-electron chi connectivity index (χ3n) is 5.39. The van der Waals surface area contributed by atoms with Gasteiger partial charge < -0.3 is 20.3 Å². The van der Waals surface area contributed by atoms with Gasteiger partial charge in [-0.2, -0.15) is 0 Å². The maximum absolute atomic E-state index is 13.0. The van der Waals surface area contributed by atoms with Crippen molar-refractivity contribution in [2.24, 2.45) is 0 Å². The van der Waals surface area contributed by atoms with Gasteiger partial charge >= 0.3 is 0 Å². The maximum atomic E-state index is 13.0. The van der Waals surface area contributed by atoms with E-state index >= 15 is 0 Å². The molecular formula is C23H32N4O4S. The molecule has 0 unspecified atom stereocenters. The smallest absolute Gasteiger partial charge is 0.261 e. The molecule has 1 fully saturated rings. The predicted octanol–water partition coefficient (Wildman–Crippen LogP) is 2.82. The van der Waals surface area contributed by atoms with E-state index in [1.807, 2.05) is 26.8 Å². The zero-order valence-corrected chi connectivity index (χ0v) is 19.7. The molecule has 174 valence electrons. The van der Waals surface area contributed by atoms with Gasteiger partial charge in [-0.05, 0) is 62.7 Å². The van der Waals surface area contributed by atoms with Gasteiger partial charge in [-0.15, -0.1) is 0 Å². The first kappa shape index (κ1) is 23.9. The Morgan fingerprint density at radius 2 is 1.81 bits per heavy atom. The van der Waals surface area contributed by atoms with Gasteiger partial charge in [0.15, 0.2) is 0 Å². The topological polar surface area (TPSA) is 99.8 Å². The van der Waals surface area contributed by atoms with Gasteiger partial charge in [-0.3, -0.25) is 9.52 Å². The van der Waals surface area contributed by atoms with Crippen LogP contribution in [0.2, 0.25) is 0 Å². The Kier molecular flexibility index (Phi) is 7.98. The summed E-state index contributed by atoms with van der Waals surface area (Å²) in [6, 6.07) is 11.4. The number of nitrogens with one attached hydrogen (secondary N) is 3. The second-order valence-corrected chi connectivity index (χ2v) is 9.44. The summed E-state index contributed by atoms with van der Waals surface area (Å²) in [5.74, 6) is 0.394.